The molecule has 140 valence electrons. The number of nitrogens with zero attached hydrogens (tertiary/aromatic N) is 2. The molecular formula is C19H20N4O3S. The number of carbonyl (C=O) groups is 2. The third-order valence-corrected chi connectivity index (χ3v) is 5.61. The molecule has 2 N–H and O–H groups in total. The number of pyridine rings is 1. The van der Waals surface area contributed by atoms with Gasteiger partial charge in [0.1, 0.15) is 5.01 Å². The Morgan fingerprint density at radius 3 is 2.67 bits per heavy atom. The average Bonchev–Trinajstić information content (AvgIpc) is 3.20. The summed E-state index contributed by atoms with van der Waals surface area (Å²) in [6.07, 6.45) is 3.87. The third-order valence-electron chi connectivity index (χ3n) is 4.58. The molecule has 0 bridgehead atoms. The Labute approximate surface area is 160 Å². The number of fused-ring (bicyclic) bond motifs is 1. The van der Waals surface area contributed by atoms with Gasteiger partial charge in [-0.15, -0.1) is 11.3 Å². The summed E-state index contributed by atoms with van der Waals surface area (Å²) in [4.78, 5) is 41.4. The zero-order valence-corrected chi connectivity index (χ0v) is 16.1. The van der Waals surface area contributed by atoms with E-state index in [0.29, 0.717) is 22.9 Å². The molecule has 1 aromatic carbocycles. The average molecular weight is 384 g/mol. The number of rotatable bonds is 4. The van der Waals surface area contributed by atoms with Crippen LogP contribution in [0.1, 0.15) is 25.3 Å². The van der Waals surface area contributed by atoms with Crippen molar-refractivity contribution in [1.82, 2.24) is 14.9 Å². The first kappa shape index (κ1) is 18.8. The number of nitrogens with one attached hydrogen (secondary N) is 2. The molecule has 7 nitrogen and oxygen atoms in total. The minimum Gasteiger partial charge on any atom is -0.336 e. The molecule has 2 heterocycles. The molecule has 8 heteroatoms. The van der Waals surface area contributed by atoms with Crippen molar-refractivity contribution in [2.45, 2.75) is 25.8 Å². The summed E-state index contributed by atoms with van der Waals surface area (Å²) < 4.78 is 1.46. The van der Waals surface area contributed by atoms with Gasteiger partial charge in [0.15, 0.2) is 0 Å². The van der Waals surface area contributed by atoms with Crippen LogP contribution in [0, 0.1) is 0 Å². The van der Waals surface area contributed by atoms with Gasteiger partial charge in [-0.3, -0.25) is 14.4 Å². The number of hydrogen-bond acceptors (Lipinski definition) is 5. The number of carbonyl (C=O) groups excluding carboxylic acids is 2. The van der Waals surface area contributed by atoms with Gasteiger partial charge < -0.3 is 15.2 Å². The number of aryl methyl sites for hydroxylation is 1. The van der Waals surface area contributed by atoms with Gasteiger partial charge in [-0.05, 0) is 31.5 Å². The van der Waals surface area contributed by atoms with Crippen molar-refractivity contribution in [3.63, 3.8) is 0 Å². The van der Waals surface area contributed by atoms with E-state index in [2.05, 4.69) is 15.6 Å². The van der Waals surface area contributed by atoms with E-state index in [4.69, 9.17) is 0 Å². The Kier molecular flexibility index (Phi) is 5.09. The molecular weight excluding hydrogens is 364 g/mol. The smallest absolute Gasteiger partial charge is 0.313 e. The summed E-state index contributed by atoms with van der Waals surface area (Å²) in [5.41, 5.74) is -0.481. The Balaban J connectivity index is 1.83. The van der Waals surface area contributed by atoms with E-state index in [1.165, 1.54) is 15.9 Å². The zero-order chi connectivity index (χ0) is 19.6. The summed E-state index contributed by atoms with van der Waals surface area (Å²) >= 11 is 1.42. The van der Waals surface area contributed by atoms with Crippen LogP contribution >= 0.6 is 11.3 Å². The van der Waals surface area contributed by atoms with E-state index in [-0.39, 0.29) is 5.56 Å². The van der Waals surface area contributed by atoms with E-state index in [9.17, 15) is 14.4 Å². The fraction of sp³-hybridized carbons (Fsp3) is 0.263. The molecule has 0 aliphatic heterocycles. The molecule has 3 aromatic rings. The molecule has 0 saturated heterocycles. The zero-order valence-electron chi connectivity index (χ0n) is 15.3. The molecule has 0 aliphatic carbocycles. The van der Waals surface area contributed by atoms with Gasteiger partial charge in [0.25, 0.3) is 5.56 Å². The van der Waals surface area contributed by atoms with Crippen molar-refractivity contribution in [2.24, 2.45) is 7.05 Å². The van der Waals surface area contributed by atoms with Crippen molar-refractivity contribution >= 4 is 39.6 Å². The first-order valence-electron chi connectivity index (χ1n) is 8.47. The molecule has 27 heavy (non-hydrogen) atoms. The highest BCUT2D eigenvalue weighted by Crippen LogP contribution is 2.26. The monoisotopic (exact) mass is 384 g/mol. The molecule has 3 rings (SSSR count). The first-order valence-corrected chi connectivity index (χ1v) is 9.35. The van der Waals surface area contributed by atoms with Gasteiger partial charge in [0.2, 0.25) is 0 Å². The van der Waals surface area contributed by atoms with Crippen molar-refractivity contribution in [2.75, 3.05) is 5.32 Å². The highest BCUT2D eigenvalue weighted by atomic mass is 32.1. The minimum absolute atomic E-state index is 0.171. The second kappa shape index (κ2) is 7.32. The van der Waals surface area contributed by atoms with Gasteiger partial charge in [-0.25, -0.2) is 4.98 Å². The van der Waals surface area contributed by atoms with Crippen LogP contribution in [0.5, 0.6) is 0 Å². The lowest BCUT2D eigenvalue weighted by atomic mass is 10.00. The van der Waals surface area contributed by atoms with Crippen molar-refractivity contribution in [1.29, 1.82) is 0 Å². The van der Waals surface area contributed by atoms with Crippen molar-refractivity contribution in [3.05, 3.63) is 57.4 Å². The Morgan fingerprint density at radius 1 is 1.22 bits per heavy atom. The Hall–Kier alpha value is -3.00. The van der Waals surface area contributed by atoms with Crippen LogP contribution in [0.4, 0.5) is 5.69 Å². The lowest BCUT2D eigenvalue weighted by molar-refractivity contribution is -0.137. The maximum Gasteiger partial charge on any atom is 0.313 e. The van der Waals surface area contributed by atoms with E-state index in [1.54, 1.807) is 43.7 Å². The number of amides is 2. The number of aromatic nitrogens is 2. The molecule has 2 amide bonds. The molecule has 2 aromatic heterocycles. The normalized spacial score (nSPS) is 13.1. The van der Waals surface area contributed by atoms with Crippen molar-refractivity contribution in [3.8, 4) is 0 Å². The van der Waals surface area contributed by atoms with E-state index >= 15 is 0 Å². The maximum atomic E-state index is 12.5. The van der Waals surface area contributed by atoms with Gasteiger partial charge in [0, 0.05) is 41.3 Å². The van der Waals surface area contributed by atoms with E-state index in [1.807, 2.05) is 19.2 Å². The molecule has 1 atom stereocenters. The summed E-state index contributed by atoms with van der Waals surface area (Å²) in [7, 11) is 1.66. The lowest BCUT2D eigenvalue weighted by Crippen LogP contribution is -2.47. The standard InChI is InChI=1S/C19H20N4O3S/c1-4-19(2,18-20-9-11-27-18)22-16(25)15(24)21-14-7-5-6-13-12(14)8-10-23(3)17(13)26/h5-11H,4H2,1-3H3,(H,21,24)(H,22,25). The quantitative estimate of drug-likeness (QED) is 0.676. The molecule has 0 fully saturated rings. The molecule has 0 spiro atoms. The Morgan fingerprint density at radius 2 is 2.00 bits per heavy atom. The topological polar surface area (TPSA) is 93.1 Å². The first-order chi connectivity index (χ1) is 12.9. The van der Waals surface area contributed by atoms with Crippen LogP contribution in [0.2, 0.25) is 0 Å². The minimum atomic E-state index is -0.792. The van der Waals surface area contributed by atoms with Crippen LogP contribution in [-0.4, -0.2) is 21.4 Å². The maximum absolute atomic E-state index is 12.5. The van der Waals surface area contributed by atoms with Crippen molar-refractivity contribution < 1.29 is 9.59 Å². The van der Waals surface area contributed by atoms with Crippen LogP contribution in [0.15, 0.2) is 46.8 Å². The highest BCUT2D eigenvalue weighted by molar-refractivity contribution is 7.09. The number of thiazole rings is 1. The van der Waals surface area contributed by atoms with Crippen LogP contribution in [0.3, 0.4) is 0 Å². The molecule has 0 saturated carbocycles. The number of hydrogen-bond donors (Lipinski definition) is 2. The third kappa shape index (κ3) is 3.61. The predicted molar refractivity (Wildman–Crippen MR) is 106 cm³/mol. The summed E-state index contributed by atoms with van der Waals surface area (Å²) in [6.45, 7) is 3.75. The molecule has 0 radical (unpaired) electrons. The molecule has 1 unspecified atom stereocenters. The van der Waals surface area contributed by atoms with Gasteiger partial charge >= 0.3 is 11.8 Å². The van der Waals surface area contributed by atoms with E-state index < -0.39 is 17.4 Å². The summed E-state index contributed by atoms with van der Waals surface area (Å²) in [5.74, 6) is -1.55. The summed E-state index contributed by atoms with van der Waals surface area (Å²) in [5, 5.41) is 8.99. The predicted octanol–water partition coefficient (Wildman–Crippen LogP) is 2.38. The fourth-order valence-electron chi connectivity index (χ4n) is 2.76. The molecule has 0 aliphatic rings. The van der Waals surface area contributed by atoms with E-state index in [0.717, 1.165) is 5.01 Å². The van der Waals surface area contributed by atoms with Crippen LogP contribution in [-0.2, 0) is 22.2 Å². The summed E-state index contributed by atoms with van der Waals surface area (Å²) in [6, 6.07) is 6.75. The van der Waals surface area contributed by atoms with Crippen LogP contribution in [0.25, 0.3) is 10.8 Å². The second-order valence-electron chi connectivity index (χ2n) is 6.43. The largest absolute Gasteiger partial charge is 0.336 e. The lowest BCUT2D eigenvalue weighted by Gasteiger charge is -2.27. The van der Waals surface area contributed by atoms with Gasteiger partial charge in [-0.2, -0.15) is 0 Å². The number of benzene rings is 1. The SMILES string of the molecule is CCC(C)(NC(=O)C(=O)Nc1cccc2c(=O)n(C)ccc12)c1nccs1. The highest BCUT2D eigenvalue weighted by Gasteiger charge is 2.31. The van der Waals surface area contributed by atoms with Gasteiger partial charge in [0.05, 0.1) is 5.54 Å². The van der Waals surface area contributed by atoms with Gasteiger partial charge in [-0.1, -0.05) is 13.0 Å². The number of anilines is 1. The van der Waals surface area contributed by atoms with Crippen LogP contribution < -0.4 is 16.2 Å². The fourth-order valence-corrected chi connectivity index (χ4v) is 3.59. The Bertz CT molecular complexity index is 1060. The second-order valence-corrected chi connectivity index (χ2v) is 7.32.